The van der Waals surface area contributed by atoms with E-state index in [1.165, 1.54) is 27.8 Å². The van der Waals surface area contributed by atoms with Gasteiger partial charge in [-0.2, -0.15) is 9.97 Å². The Hall–Kier alpha value is -10.2. The SMILES string of the molecule is c1ccc(-c2nc(-c3ccccc3)nc(-n3c4ccccc4c4cc5c(cc43)-c3ccccc3C5(c3ccc(N(c4ccccc4)c4ccccc4)cc3)c3ccc(N(c4ccccc4)c4ccccc4)cc3)n2)cc1. The zero-order valence-corrected chi connectivity index (χ0v) is 41.4. The van der Waals surface area contributed by atoms with Gasteiger partial charge in [0.25, 0.3) is 0 Å². The average molecular weight is 973 g/mol. The molecule has 13 aromatic rings. The molecule has 0 amide bonds. The second-order valence-corrected chi connectivity index (χ2v) is 19.2. The monoisotopic (exact) mass is 972 g/mol. The van der Waals surface area contributed by atoms with E-state index in [0.717, 1.165) is 72.6 Å². The highest BCUT2D eigenvalue weighted by Gasteiger charge is 2.47. The number of benzene rings is 11. The van der Waals surface area contributed by atoms with Gasteiger partial charge in [0.15, 0.2) is 11.6 Å². The molecule has 0 saturated heterocycles. The van der Waals surface area contributed by atoms with Crippen LogP contribution < -0.4 is 9.80 Å². The molecule has 0 bridgehead atoms. The summed E-state index contributed by atoms with van der Waals surface area (Å²) in [7, 11) is 0. The number of rotatable bonds is 11. The molecular weight excluding hydrogens is 925 g/mol. The van der Waals surface area contributed by atoms with E-state index in [0.29, 0.717) is 17.6 Å². The summed E-state index contributed by atoms with van der Waals surface area (Å²) >= 11 is 0. The molecule has 0 fully saturated rings. The largest absolute Gasteiger partial charge is 0.311 e. The van der Waals surface area contributed by atoms with E-state index in [2.05, 4.69) is 269 Å². The van der Waals surface area contributed by atoms with Crippen LogP contribution in [0, 0.1) is 0 Å². The predicted molar refractivity (Wildman–Crippen MR) is 312 cm³/mol. The van der Waals surface area contributed by atoms with Crippen LogP contribution in [0.2, 0.25) is 0 Å². The van der Waals surface area contributed by atoms with Crippen molar-refractivity contribution in [1.29, 1.82) is 0 Å². The third-order valence-electron chi connectivity index (χ3n) is 14.9. The summed E-state index contributed by atoms with van der Waals surface area (Å²) in [5.74, 6) is 1.79. The lowest BCUT2D eigenvalue weighted by Gasteiger charge is -2.35. The van der Waals surface area contributed by atoms with E-state index in [1.54, 1.807) is 0 Å². The van der Waals surface area contributed by atoms with E-state index in [9.17, 15) is 0 Å². The number of hydrogen-bond donors (Lipinski definition) is 0. The van der Waals surface area contributed by atoms with Gasteiger partial charge in [-0.15, -0.1) is 0 Å². The molecule has 11 aromatic carbocycles. The van der Waals surface area contributed by atoms with E-state index >= 15 is 0 Å². The minimum absolute atomic E-state index is 0.561. The lowest BCUT2D eigenvalue weighted by Crippen LogP contribution is -2.28. The molecule has 358 valence electrons. The minimum Gasteiger partial charge on any atom is -0.311 e. The van der Waals surface area contributed by atoms with Gasteiger partial charge in [-0.3, -0.25) is 4.57 Å². The molecule has 6 heteroatoms. The first-order chi connectivity index (χ1) is 37.7. The molecule has 6 nitrogen and oxygen atoms in total. The van der Waals surface area contributed by atoms with Crippen LogP contribution in [-0.4, -0.2) is 19.5 Å². The van der Waals surface area contributed by atoms with Crippen molar-refractivity contribution in [1.82, 2.24) is 19.5 Å². The Kier molecular flexibility index (Phi) is 11.0. The second kappa shape index (κ2) is 18.7. The highest BCUT2D eigenvalue weighted by atomic mass is 15.2. The fraction of sp³-hybridized carbons (Fsp3) is 0.0143. The Balaban J connectivity index is 1.02. The lowest BCUT2D eigenvalue weighted by atomic mass is 9.67. The minimum atomic E-state index is -0.733. The lowest BCUT2D eigenvalue weighted by molar-refractivity contribution is 0.769. The molecular formula is C70H48N6. The van der Waals surface area contributed by atoms with Gasteiger partial charge in [-0.25, -0.2) is 4.98 Å². The maximum absolute atomic E-state index is 5.30. The molecule has 2 heterocycles. The van der Waals surface area contributed by atoms with Gasteiger partial charge in [-0.1, -0.05) is 200 Å². The molecule has 2 aromatic heterocycles. The number of aromatic nitrogens is 4. The quantitative estimate of drug-likeness (QED) is 0.129. The standard InChI is InChI=1S/C70H48N6/c1-7-23-49(24-8-1)67-71-68(50-25-9-2-10-26-50)73-69(72-67)76-65-38-22-20-36-60(65)62-47-64-61(48-66(62)76)59-35-19-21-37-63(59)70(64,51-39-43-57(44-40-51)74(53-27-11-3-12-28-53)54-29-13-4-14-30-54)52-41-45-58(46-42-52)75(55-31-15-5-16-32-55)56-33-17-6-18-34-56/h1-48H. The average Bonchev–Trinajstić information content (AvgIpc) is 4.08. The molecule has 76 heavy (non-hydrogen) atoms. The maximum atomic E-state index is 5.30. The number of anilines is 6. The zero-order chi connectivity index (χ0) is 50.4. The molecule has 0 unspecified atom stereocenters. The first-order valence-electron chi connectivity index (χ1n) is 25.8. The molecule has 0 radical (unpaired) electrons. The van der Waals surface area contributed by atoms with Crippen molar-refractivity contribution in [2.24, 2.45) is 0 Å². The van der Waals surface area contributed by atoms with Gasteiger partial charge in [0.1, 0.15) is 0 Å². The van der Waals surface area contributed by atoms with Crippen LogP contribution in [0.3, 0.4) is 0 Å². The summed E-state index contributed by atoms with van der Waals surface area (Å²) in [6.45, 7) is 0. The Morgan fingerprint density at radius 3 is 1.16 bits per heavy atom. The molecule has 0 atom stereocenters. The van der Waals surface area contributed by atoms with Crippen LogP contribution in [0.5, 0.6) is 0 Å². The van der Waals surface area contributed by atoms with Gasteiger partial charge in [-0.05, 0) is 124 Å². The van der Waals surface area contributed by atoms with Crippen LogP contribution in [0.15, 0.2) is 291 Å². The normalized spacial score (nSPS) is 12.3. The number of hydrogen-bond acceptors (Lipinski definition) is 5. The molecule has 14 rings (SSSR count). The Labute approximate surface area is 441 Å². The van der Waals surface area contributed by atoms with E-state index in [-0.39, 0.29) is 0 Å². The summed E-state index contributed by atoms with van der Waals surface area (Å²) < 4.78 is 2.24. The van der Waals surface area contributed by atoms with Crippen LogP contribution >= 0.6 is 0 Å². The van der Waals surface area contributed by atoms with E-state index in [1.807, 2.05) is 36.4 Å². The van der Waals surface area contributed by atoms with Crippen molar-refractivity contribution < 1.29 is 0 Å². The molecule has 0 N–H and O–H groups in total. The van der Waals surface area contributed by atoms with Gasteiger partial charge in [0.05, 0.1) is 16.4 Å². The molecule has 0 spiro atoms. The van der Waals surface area contributed by atoms with E-state index in [4.69, 9.17) is 15.0 Å². The molecule has 1 aliphatic carbocycles. The van der Waals surface area contributed by atoms with Crippen molar-refractivity contribution in [2.45, 2.75) is 5.41 Å². The highest BCUT2D eigenvalue weighted by molar-refractivity contribution is 6.11. The first kappa shape index (κ1) is 44.5. The van der Waals surface area contributed by atoms with Crippen LogP contribution in [0.4, 0.5) is 34.1 Å². The topological polar surface area (TPSA) is 50.1 Å². The Morgan fingerprint density at radius 2 is 0.684 bits per heavy atom. The number of nitrogens with zero attached hydrogens (tertiary/aromatic N) is 6. The van der Waals surface area contributed by atoms with Crippen molar-refractivity contribution in [2.75, 3.05) is 9.80 Å². The predicted octanol–water partition coefficient (Wildman–Crippen LogP) is 17.6. The van der Waals surface area contributed by atoms with Gasteiger partial charge in [0.2, 0.25) is 5.95 Å². The van der Waals surface area contributed by atoms with Gasteiger partial charge < -0.3 is 9.80 Å². The van der Waals surface area contributed by atoms with E-state index < -0.39 is 5.41 Å². The van der Waals surface area contributed by atoms with Gasteiger partial charge >= 0.3 is 0 Å². The van der Waals surface area contributed by atoms with Crippen molar-refractivity contribution in [3.8, 4) is 39.9 Å². The first-order valence-corrected chi connectivity index (χ1v) is 25.8. The molecule has 1 aliphatic rings. The fourth-order valence-electron chi connectivity index (χ4n) is 11.6. The number of para-hydroxylation sites is 5. The molecule has 0 saturated carbocycles. The van der Waals surface area contributed by atoms with Crippen LogP contribution in [0.25, 0.3) is 61.7 Å². The van der Waals surface area contributed by atoms with Gasteiger partial charge in [0, 0.05) is 56.0 Å². The Morgan fingerprint density at radius 1 is 0.289 bits per heavy atom. The summed E-state index contributed by atoms with van der Waals surface area (Å²) in [6.07, 6.45) is 0. The zero-order valence-electron chi connectivity index (χ0n) is 41.4. The smallest absolute Gasteiger partial charge is 0.238 e. The second-order valence-electron chi connectivity index (χ2n) is 19.2. The number of fused-ring (bicyclic) bond motifs is 6. The summed E-state index contributed by atoms with van der Waals surface area (Å²) in [5.41, 5.74) is 16.8. The fourth-order valence-corrected chi connectivity index (χ4v) is 11.6. The van der Waals surface area contributed by atoms with Crippen LogP contribution in [-0.2, 0) is 5.41 Å². The van der Waals surface area contributed by atoms with Crippen molar-refractivity contribution in [3.63, 3.8) is 0 Å². The summed E-state index contributed by atoms with van der Waals surface area (Å²) in [6, 6.07) is 104. The van der Waals surface area contributed by atoms with Crippen molar-refractivity contribution in [3.05, 3.63) is 313 Å². The Bertz CT molecular complexity index is 3920. The maximum Gasteiger partial charge on any atom is 0.238 e. The highest BCUT2D eigenvalue weighted by Crippen LogP contribution is 2.58. The van der Waals surface area contributed by atoms with Crippen molar-refractivity contribution >= 4 is 55.9 Å². The summed E-state index contributed by atoms with van der Waals surface area (Å²) in [5, 5.41) is 2.22. The third-order valence-corrected chi connectivity index (χ3v) is 14.9. The molecule has 0 aliphatic heterocycles. The van der Waals surface area contributed by atoms with Crippen LogP contribution in [0.1, 0.15) is 22.3 Å². The summed E-state index contributed by atoms with van der Waals surface area (Å²) in [4.78, 5) is 20.3. The third kappa shape index (κ3) is 7.46.